The summed E-state index contributed by atoms with van der Waals surface area (Å²) in [6.45, 7) is 2.88. The molecule has 0 saturated heterocycles. The Bertz CT molecular complexity index is 580. The fourth-order valence-electron chi connectivity index (χ4n) is 1.66. The minimum absolute atomic E-state index is 0.0771. The molecule has 0 aliphatic carbocycles. The van der Waals surface area contributed by atoms with Crippen molar-refractivity contribution in [2.75, 3.05) is 0 Å². The highest BCUT2D eigenvalue weighted by Gasteiger charge is 2.14. The Kier molecular flexibility index (Phi) is 4.19. The predicted octanol–water partition coefficient (Wildman–Crippen LogP) is 3.94. The fraction of sp³-hybridized carbons (Fsp3) is 0.231. The lowest BCUT2D eigenvalue weighted by Gasteiger charge is -2.02. The number of hydrogen-bond acceptors (Lipinski definition) is 2. The third-order valence-electron chi connectivity index (χ3n) is 2.52. The molecule has 0 atom stereocenters. The van der Waals surface area contributed by atoms with E-state index in [9.17, 15) is 4.79 Å². The fourth-order valence-corrected chi connectivity index (χ4v) is 2.26. The second-order valence-corrected chi connectivity index (χ2v) is 5.24. The molecule has 1 aromatic carbocycles. The number of halogens is 2. The third-order valence-corrected chi connectivity index (χ3v) is 3.45. The molecule has 1 heterocycles. The van der Waals surface area contributed by atoms with Crippen LogP contribution in [0.25, 0.3) is 0 Å². The van der Waals surface area contributed by atoms with Crippen molar-refractivity contribution in [1.29, 1.82) is 0 Å². The van der Waals surface area contributed by atoms with Crippen LogP contribution in [0.15, 0.2) is 35.1 Å². The van der Waals surface area contributed by atoms with Gasteiger partial charge in [0.05, 0.1) is 11.8 Å². The molecule has 2 aromatic rings. The van der Waals surface area contributed by atoms with Gasteiger partial charge in [-0.25, -0.2) is 0 Å². The summed E-state index contributed by atoms with van der Waals surface area (Å²) < 4.78 is 2.51. The van der Waals surface area contributed by atoms with Crippen molar-refractivity contribution >= 4 is 33.3 Å². The van der Waals surface area contributed by atoms with Gasteiger partial charge in [0, 0.05) is 27.8 Å². The maximum absolute atomic E-state index is 12.3. The Morgan fingerprint density at radius 1 is 1.50 bits per heavy atom. The van der Waals surface area contributed by atoms with Gasteiger partial charge in [0.1, 0.15) is 0 Å². The number of nitrogens with zero attached hydrogens (tertiary/aromatic N) is 2. The van der Waals surface area contributed by atoms with Gasteiger partial charge < -0.3 is 0 Å². The molecule has 0 bridgehead atoms. The zero-order chi connectivity index (χ0) is 13.1. The summed E-state index contributed by atoms with van der Waals surface area (Å²) in [6.07, 6.45) is 4.33. The molecule has 0 saturated carbocycles. The lowest BCUT2D eigenvalue weighted by molar-refractivity contribution is 0.103. The van der Waals surface area contributed by atoms with E-state index >= 15 is 0 Å². The molecule has 0 aliphatic heterocycles. The van der Waals surface area contributed by atoms with Crippen molar-refractivity contribution in [3.05, 3.63) is 51.2 Å². The van der Waals surface area contributed by atoms with Crippen LogP contribution in [-0.2, 0) is 6.54 Å². The molecule has 18 heavy (non-hydrogen) atoms. The molecular weight excluding hydrogens is 316 g/mol. The van der Waals surface area contributed by atoms with Crippen molar-refractivity contribution in [1.82, 2.24) is 9.78 Å². The van der Waals surface area contributed by atoms with Gasteiger partial charge >= 0.3 is 0 Å². The monoisotopic (exact) mass is 326 g/mol. The zero-order valence-electron chi connectivity index (χ0n) is 9.86. The second-order valence-electron chi connectivity index (χ2n) is 3.95. The van der Waals surface area contributed by atoms with Crippen molar-refractivity contribution in [3.63, 3.8) is 0 Å². The molecular formula is C13H12BrClN2O. The zero-order valence-corrected chi connectivity index (χ0v) is 12.2. The molecule has 0 spiro atoms. The van der Waals surface area contributed by atoms with Crippen molar-refractivity contribution in [3.8, 4) is 0 Å². The first kappa shape index (κ1) is 13.3. The van der Waals surface area contributed by atoms with E-state index in [-0.39, 0.29) is 5.78 Å². The highest BCUT2D eigenvalue weighted by atomic mass is 79.9. The van der Waals surface area contributed by atoms with Crippen molar-refractivity contribution in [2.24, 2.45) is 0 Å². The van der Waals surface area contributed by atoms with Crippen LogP contribution in [0.1, 0.15) is 29.3 Å². The van der Waals surface area contributed by atoms with Gasteiger partial charge in [-0.3, -0.25) is 9.48 Å². The van der Waals surface area contributed by atoms with Gasteiger partial charge in [0.15, 0.2) is 5.78 Å². The number of rotatable bonds is 4. The largest absolute Gasteiger partial charge is 0.288 e. The molecule has 2 rings (SSSR count). The summed E-state index contributed by atoms with van der Waals surface area (Å²) in [7, 11) is 0. The van der Waals surface area contributed by atoms with Gasteiger partial charge in [-0.15, -0.1) is 0 Å². The number of carbonyl (C=O) groups excluding carboxylic acids is 1. The maximum atomic E-state index is 12.3. The lowest BCUT2D eigenvalue weighted by Crippen LogP contribution is -2.01. The number of hydrogen-bond donors (Lipinski definition) is 0. The molecule has 3 nitrogen and oxygen atoms in total. The summed E-state index contributed by atoms with van der Waals surface area (Å²) in [5.74, 6) is -0.0771. The summed E-state index contributed by atoms with van der Waals surface area (Å²) in [4.78, 5) is 12.3. The third kappa shape index (κ3) is 2.82. The van der Waals surface area contributed by atoms with E-state index < -0.39 is 0 Å². The van der Waals surface area contributed by atoms with Gasteiger partial charge in [-0.05, 0) is 24.6 Å². The van der Waals surface area contributed by atoms with Gasteiger partial charge in [-0.1, -0.05) is 34.5 Å². The molecule has 5 heteroatoms. The first-order valence-electron chi connectivity index (χ1n) is 5.64. The minimum Gasteiger partial charge on any atom is -0.288 e. The normalized spacial score (nSPS) is 10.6. The lowest BCUT2D eigenvalue weighted by atomic mass is 10.1. The topological polar surface area (TPSA) is 34.9 Å². The minimum atomic E-state index is -0.0771. The highest BCUT2D eigenvalue weighted by molar-refractivity contribution is 9.10. The Morgan fingerprint density at radius 2 is 2.28 bits per heavy atom. The maximum Gasteiger partial charge on any atom is 0.197 e. The van der Waals surface area contributed by atoms with E-state index in [1.165, 1.54) is 0 Å². The number of benzene rings is 1. The summed E-state index contributed by atoms with van der Waals surface area (Å²) in [5, 5.41) is 4.70. The van der Waals surface area contributed by atoms with Crippen LogP contribution in [0.5, 0.6) is 0 Å². The average Bonchev–Trinajstić information content (AvgIpc) is 2.80. The van der Waals surface area contributed by atoms with Gasteiger partial charge in [0.2, 0.25) is 0 Å². The second kappa shape index (κ2) is 5.67. The number of aromatic nitrogens is 2. The molecule has 94 valence electrons. The van der Waals surface area contributed by atoms with E-state index in [0.29, 0.717) is 16.1 Å². The van der Waals surface area contributed by atoms with Crippen LogP contribution in [0, 0.1) is 0 Å². The van der Waals surface area contributed by atoms with E-state index in [4.69, 9.17) is 11.6 Å². The SMILES string of the molecule is CCCn1cc(C(=O)c2cc(Cl)ccc2Br)cn1. The van der Waals surface area contributed by atoms with Crippen LogP contribution in [0.4, 0.5) is 0 Å². The van der Waals surface area contributed by atoms with E-state index in [0.717, 1.165) is 17.4 Å². The van der Waals surface area contributed by atoms with Crippen LogP contribution < -0.4 is 0 Å². The first-order valence-corrected chi connectivity index (χ1v) is 6.81. The Balaban J connectivity index is 2.32. The van der Waals surface area contributed by atoms with Crippen LogP contribution in [0.3, 0.4) is 0 Å². The van der Waals surface area contributed by atoms with Crippen LogP contribution >= 0.6 is 27.5 Å². The molecule has 0 unspecified atom stereocenters. The Hall–Kier alpha value is -1.13. The molecule has 1 aromatic heterocycles. The molecule has 0 aliphatic rings. The first-order chi connectivity index (χ1) is 8.61. The summed E-state index contributed by atoms with van der Waals surface area (Å²) in [5.41, 5.74) is 1.13. The van der Waals surface area contributed by atoms with Crippen LogP contribution in [0.2, 0.25) is 5.02 Å². The molecule has 0 amide bonds. The number of ketones is 1. The molecule has 0 N–H and O–H groups in total. The van der Waals surface area contributed by atoms with Crippen LogP contribution in [-0.4, -0.2) is 15.6 Å². The number of aryl methyl sites for hydroxylation is 1. The number of carbonyl (C=O) groups is 1. The Labute approximate surface area is 119 Å². The molecule has 0 fully saturated rings. The van der Waals surface area contributed by atoms with Gasteiger partial charge in [0.25, 0.3) is 0 Å². The Morgan fingerprint density at radius 3 is 3.00 bits per heavy atom. The predicted molar refractivity (Wildman–Crippen MR) is 75.1 cm³/mol. The standard InChI is InChI=1S/C13H12BrClN2O/c1-2-5-17-8-9(7-16-17)13(18)11-6-10(15)3-4-12(11)14/h3-4,6-8H,2,5H2,1H3. The average molecular weight is 328 g/mol. The highest BCUT2D eigenvalue weighted by Crippen LogP contribution is 2.23. The smallest absolute Gasteiger partial charge is 0.197 e. The van der Waals surface area contributed by atoms with Crippen molar-refractivity contribution in [2.45, 2.75) is 19.9 Å². The quantitative estimate of drug-likeness (QED) is 0.797. The van der Waals surface area contributed by atoms with E-state index in [1.54, 1.807) is 35.3 Å². The van der Waals surface area contributed by atoms with Crippen molar-refractivity contribution < 1.29 is 4.79 Å². The van der Waals surface area contributed by atoms with E-state index in [2.05, 4.69) is 28.0 Å². The molecule has 0 radical (unpaired) electrons. The van der Waals surface area contributed by atoms with Gasteiger partial charge in [-0.2, -0.15) is 5.10 Å². The summed E-state index contributed by atoms with van der Waals surface area (Å²) >= 11 is 9.27. The summed E-state index contributed by atoms with van der Waals surface area (Å²) in [6, 6.07) is 5.17. The van der Waals surface area contributed by atoms with E-state index in [1.807, 2.05) is 0 Å².